The molecular weight excluding hydrogens is 320 g/mol. The molecule has 0 saturated heterocycles. The monoisotopic (exact) mass is 338 g/mol. The fourth-order valence-corrected chi connectivity index (χ4v) is 3.43. The first-order valence-corrected chi connectivity index (χ1v) is 8.69. The maximum atomic E-state index is 12.0. The number of ether oxygens (including phenoxy) is 1. The molecule has 0 spiro atoms. The first-order valence-electron chi connectivity index (χ1n) is 7.20. The number of carbonyl (C=O) groups excluding carboxylic acids is 2. The van der Waals surface area contributed by atoms with Crippen molar-refractivity contribution < 1.29 is 22.7 Å². The van der Waals surface area contributed by atoms with Gasteiger partial charge < -0.3 is 10.1 Å². The maximum Gasteiger partial charge on any atom is 0.354 e. The molecule has 1 heterocycles. The molecule has 0 bridgehead atoms. The zero-order chi connectivity index (χ0) is 17.0. The lowest BCUT2D eigenvalue weighted by Crippen LogP contribution is -2.29. The second-order valence-corrected chi connectivity index (χ2v) is 6.49. The summed E-state index contributed by atoms with van der Waals surface area (Å²) in [5.74, 6) is -1.90. The van der Waals surface area contributed by atoms with Crippen molar-refractivity contribution in [1.29, 1.82) is 0 Å². The second kappa shape index (κ2) is 6.82. The molecule has 1 aliphatic rings. The molecule has 0 fully saturated rings. The minimum absolute atomic E-state index is 0.00914. The number of carbonyl (C=O) groups is 2. The molecule has 0 unspecified atom stereocenters. The van der Waals surface area contributed by atoms with Gasteiger partial charge in [-0.05, 0) is 18.9 Å². The van der Waals surface area contributed by atoms with E-state index in [1.54, 1.807) is 6.92 Å². The van der Waals surface area contributed by atoms with Crippen LogP contribution in [-0.2, 0) is 24.3 Å². The SMILES string of the molecule is CCOC(=O)C1=C(N[C@H](CC)c2ccccc2)C(=O)NS1(=O)=O. The normalized spacial score (nSPS) is 17.6. The number of rotatable bonds is 6. The molecule has 1 aromatic carbocycles. The first kappa shape index (κ1) is 17.0. The molecule has 1 atom stereocenters. The van der Waals surface area contributed by atoms with Crippen LogP contribution >= 0.6 is 0 Å². The van der Waals surface area contributed by atoms with E-state index in [0.29, 0.717) is 6.42 Å². The van der Waals surface area contributed by atoms with Gasteiger partial charge in [-0.15, -0.1) is 0 Å². The Bertz CT molecular complexity index is 740. The van der Waals surface area contributed by atoms with Crippen molar-refractivity contribution in [2.24, 2.45) is 0 Å². The highest BCUT2D eigenvalue weighted by atomic mass is 32.2. The second-order valence-electron chi connectivity index (χ2n) is 4.88. The zero-order valence-electron chi connectivity index (χ0n) is 12.8. The highest BCUT2D eigenvalue weighted by molar-refractivity contribution is 7.95. The van der Waals surface area contributed by atoms with E-state index in [9.17, 15) is 18.0 Å². The zero-order valence-corrected chi connectivity index (χ0v) is 13.6. The highest BCUT2D eigenvalue weighted by Crippen LogP contribution is 2.24. The molecule has 2 N–H and O–H groups in total. The third-order valence-electron chi connectivity index (χ3n) is 3.34. The Morgan fingerprint density at radius 1 is 1.26 bits per heavy atom. The number of nitrogens with one attached hydrogen (secondary N) is 2. The van der Waals surface area contributed by atoms with E-state index in [1.165, 1.54) is 0 Å². The van der Waals surface area contributed by atoms with Gasteiger partial charge in [-0.2, -0.15) is 0 Å². The van der Waals surface area contributed by atoms with Crippen LogP contribution in [0.1, 0.15) is 31.9 Å². The van der Waals surface area contributed by atoms with Gasteiger partial charge in [0.25, 0.3) is 15.9 Å². The van der Waals surface area contributed by atoms with Crippen molar-refractivity contribution in [2.75, 3.05) is 6.61 Å². The smallest absolute Gasteiger partial charge is 0.354 e. The lowest BCUT2D eigenvalue weighted by Gasteiger charge is -2.18. The molecule has 1 aromatic rings. The number of esters is 1. The summed E-state index contributed by atoms with van der Waals surface area (Å²) >= 11 is 0. The molecule has 0 aromatic heterocycles. The van der Waals surface area contributed by atoms with Gasteiger partial charge in [0.05, 0.1) is 12.6 Å². The van der Waals surface area contributed by atoms with Crippen LogP contribution in [0, 0.1) is 0 Å². The van der Waals surface area contributed by atoms with Crippen LogP contribution in [-0.4, -0.2) is 26.9 Å². The van der Waals surface area contributed by atoms with Crippen molar-refractivity contribution in [3.05, 3.63) is 46.5 Å². The Morgan fingerprint density at radius 2 is 1.91 bits per heavy atom. The van der Waals surface area contributed by atoms with Gasteiger partial charge in [0.1, 0.15) is 5.70 Å². The predicted molar refractivity (Wildman–Crippen MR) is 83.3 cm³/mol. The molecule has 1 aliphatic heterocycles. The van der Waals surface area contributed by atoms with E-state index in [1.807, 2.05) is 42.0 Å². The van der Waals surface area contributed by atoms with E-state index in [2.05, 4.69) is 5.32 Å². The molecule has 7 nitrogen and oxygen atoms in total. The van der Waals surface area contributed by atoms with Gasteiger partial charge in [-0.25, -0.2) is 17.9 Å². The van der Waals surface area contributed by atoms with Crippen LogP contribution < -0.4 is 10.0 Å². The lowest BCUT2D eigenvalue weighted by molar-refractivity contribution is -0.137. The molecule has 0 saturated carbocycles. The van der Waals surface area contributed by atoms with Crippen LogP contribution in [0.3, 0.4) is 0 Å². The number of hydrogen-bond acceptors (Lipinski definition) is 6. The Hall–Kier alpha value is -2.35. The van der Waals surface area contributed by atoms with E-state index < -0.39 is 26.8 Å². The van der Waals surface area contributed by atoms with Crippen LogP contribution in [0.15, 0.2) is 40.9 Å². The Labute approximate surface area is 134 Å². The summed E-state index contributed by atoms with van der Waals surface area (Å²) < 4.78 is 30.5. The van der Waals surface area contributed by atoms with Gasteiger partial charge in [0.15, 0.2) is 0 Å². The average Bonchev–Trinajstić information content (AvgIpc) is 2.74. The van der Waals surface area contributed by atoms with Crippen LogP contribution in [0.4, 0.5) is 0 Å². The van der Waals surface area contributed by atoms with E-state index in [4.69, 9.17) is 4.74 Å². The fourth-order valence-electron chi connectivity index (χ4n) is 2.28. The number of sulfonamides is 1. The van der Waals surface area contributed by atoms with Gasteiger partial charge in [0, 0.05) is 0 Å². The number of amides is 1. The van der Waals surface area contributed by atoms with Crippen LogP contribution in [0.5, 0.6) is 0 Å². The summed E-state index contributed by atoms with van der Waals surface area (Å²) in [4.78, 5) is 23.2. The largest absolute Gasteiger partial charge is 0.462 e. The molecule has 0 radical (unpaired) electrons. The predicted octanol–water partition coefficient (Wildman–Crippen LogP) is 0.962. The van der Waals surface area contributed by atoms with E-state index in [0.717, 1.165) is 5.56 Å². The summed E-state index contributed by atoms with van der Waals surface area (Å²) in [6.45, 7) is 3.45. The molecule has 0 aliphatic carbocycles. The topological polar surface area (TPSA) is 102 Å². The third kappa shape index (κ3) is 3.53. The van der Waals surface area contributed by atoms with Crippen LogP contribution in [0.25, 0.3) is 0 Å². The average molecular weight is 338 g/mol. The molecular formula is C15H18N2O5S. The van der Waals surface area contributed by atoms with Crippen molar-refractivity contribution >= 4 is 21.9 Å². The fraction of sp³-hybridized carbons (Fsp3) is 0.333. The van der Waals surface area contributed by atoms with Crippen molar-refractivity contribution in [3.8, 4) is 0 Å². The number of hydrogen-bond donors (Lipinski definition) is 2. The molecule has 124 valence electrons. The third-order valence-corrected chi connectivity index (χ3v) is 4.70. The molecule has 23 heavy (non-hydrogen) atoms. The highest BCUT2D eigenvalue weighted by Gasteiger charge is 2.42. The van der Waals surface area contributed by atoms with Gasteiger partial charge >= 0.3 is 5.97 Å². The van der Waals surface area contributed by atoms with Gasteiger partial charge in [-0.3, -0.25) is 4.79 Å². The van der Waals surface area contributed by atoms with Gasteiger partial charge in [-0.1, -0.05) is 37.3 Å². The van der Waals surface area contributed by atoms with E-state index >= 15 is 0 Å². The quantitative estimate of drug-likeness (QED) is 0.749. The summed E-state index contributed by atoms with van der Waals surface area (Å²) in [7, 11) is -4.20. The molecule has 2 rings (SSSR count). The Kier molecular flexibility index (Phi) is 5.05. The summed E-state index contributed by atoms with van der Waals surface area (Å²) in [5.41, 5.74) is 0.599. The van der Waals surface area contributed by atoms with Crippen LogP contribution in [0.2, 0.25) is 0 Å². The molecule has 1 amide bonds. The Balaban J connectivity index is 2.42. The van der Waals surface area contributed by atoms with Crippen molar-refractivity contribution in [1.82, 2.24) is 10.0 Å². The van der Waals surface area contributed by atoms with Crippen molar-refractivity contribution in [3.63, 3.8) is 0 Å². The first-order chi connectivity index (χ1) is 10.9. The summed E-state index contributed by atoms with van der Waals surface area (Å²) in [5, 5.41) is 2.86. The van der Waals surface area contributed by atoms with Gasteiger partial charge in [0.2, 0.25) is 4.91 Å². The molecule has 8 heteroatoms. The summed E-state index contributed by atoms with van der Waals surface area (Å²) in [6, 6.07) is 8.93. The lowest BCUT2D eigenvalue weighted by atomic mass is 10.0. The minimum Gasteiger partial charge on any atom is -0.462 e. The minimum atomic E-state index is -4.20. The maximum absolute atomic E-state index is 12.0. The Morgan fingerprint density at radius 3 is 2.48 bits per heavy atom. The standard InChI is InChI=1S/C15H18N2O5S/c1-3-11(10-8-6-5-7-9-10)16-12-13(15(19)22-4-2)23(20,21)17-14(12)18/h5-9,11,16H,3-4H2,1-2H3,(H,17,18)/t11-/m1/s1. The van der Waals surface area contributed by atoms with Crippen molar-refractivity contribution in [2.45, 2.75) is 26.3 Å². The van der Waals surface area contributed by atoms with E-state index in [-0.39, 0.29) is 18.3 Å². The summed E-state index contributed by atoms with van der Waals surface area (Å²) in [6.07, 6.45) is 0.594. The number of benzene rings is 1.